The quantitative estimate of drug-likeness (QED) is 0.452. The van der Waals surface area contributed by atoms with Gasteiger partial charge in [-0.2, -0.15) is 5.10 Å². The number of nitrogens with zero attached hydrogens (tertiary/aromatic N) is 5. The minimum absolute atomic E-state index is 0.00448. The van der Waals surface area contributed by atoms with E-state index in [9.17, 15) is 13.6 Å². The van der Waals surface area contributed by atoms with Crippen molar-refractivity contribution in [3.63, 3.8) is 0 Å². The van der Waals surface area contributed by atoms with Crippen LogP contribution in [-0.4, -0.2) is 36.6 Å². The maximum absolute atomic E-state index is 14.0. The molecule has 1 saturated heterocycles. The van der Waals surface area contributed by atoms with Crippen LogP contribution in [0.25, 0.3) is 22.2 Å². The number of carbonyl (C=O) groups is 1. The van der Waals surface area contributed by atoms with Crippen molar-refractivity contribution < 1.29 is 13.6 Å². The molecular formula is C25H21F2N5O. The highest BCUT2D eigenvalue weighted by Crippen LogP contribution is 2.45. The van der Waals surface area contributed by atoms with Crippen LogP contribution in [0.15, 0.2) is 48.9 Å². The smallest absolute Gasteiger partial charge is 0.255 e. The van der Waals surface area contributed by atoms with Gasteiger partial charge in [0.05, 0.1) is 34.7 Å². The molecule has 4 aromatic rings. The highest BCUT2D eigenvalue weighted by Gasteiger charge is 2.43. The molecule has 0 spiro atoms. The number of hydrogen-bond donors (Lipinski definition) is 0. The van der Waals surface area contributed by atoms with Gasteiger partial charge in [-0.15, -0.1) is 0 Å². The van der Waals surface area contributed by atoms with E-state index >= 15 is 0 Å². The number of carbonyl (C=O) groups excluding carboxylic acids is 1. The number of aryl methyl sites for hydroxylation is 1. The molecule has 5 heterocycles. The Morgan fingerprint density at radius 3 is 2.73 bits per heavy atom. The number of halogens is 2. The van der Waals surface area contributed by atoms with Gasteiger partial charge in [0, 0.05) is 48.1 Å². The van der Waals surface area contributed by atoms with E-state index in [0.29, 0.717) is 28.8 Å². The van der Waals surface area contributed by atoms with Gasteiger partial charge in [0.25, 0.3) is 5.91 Å². The van der Waals surface area contributed by atoms with Crippen molar-refractivity contribution in [1.82, 2.24) is 24.6 Å². The molecular weight excluding hydrogens is 424 g/mol. The molecule has 2 aliphatic rings. The standard InChI is InChI=1S/C25H21F2N5O/c1-31-24(14-9-15(26)11-16(27)10-14)20-12-17-3-2-4-22(23(20)30-31)32(17)25(33)19-6-8-29-21-13-28-7-5-18(19)21/h5-11,13,17,22H,2-4,12H2,1H3. The van der Waals surface area contributed by atoms with E-state index in [-0.39, 0.29) is 18.0 Å². The summed E-state index contributed by atoms with van der Waals surface area (Å²) >= 11 is 0. The van der Waals surface area contributed by atoms with Gasteiger partial charge in [-0.3, -0.25) is 19.4 Å². The minimum atomic E-state index is -0.619. The summed E-state index contributed by atoms with van der Waals surface area (Å²) < 4.78 is 29.6. The Hall–Kier alpha value is -3.68. The minimum Gasteiger partial charge on any atom is -0.327 e. The monoisotopic (exact) mass is 445 g/mol. The SMILES string of the molecule is Cn1nc2c(c1-c1cc(F)cc(F)c1)CC1CCCC2N1C(=O)c1ccnc2cnccc12. The lowest BCUT2D eigenvalue weighted by molar-refractivity contribution is 0.0394. The van der Waals surface area contributed by atoms with Gasteiger partial charge >= 0.3 is 0 Å². The Bertz CT molecular complexity index is 1390. The number of pyridine rings is 2. The molecule has 0 radical (unpaired) electrons. The first kappa shape index (κ1) is 20.0. The fourth-order valence-corrected chi connectivity index (χ4v) is 5.52. The Kier molecular flexibility index (Phi) is 4.50. The second-order valence-corrected chi connectivity index (χ2v) is 8.76. The molecule has 0 aliphatic carbocycles. The van der Waals surface area contributed by atoms with Gasteiger partial charge < -0.3 is 4.90 Å². The van der Waals surface area contributed by atoms with E-state index in [1.54, 1.807) is 36.4 Å². The van der Waals surface area contributed by atoms with Crippen molar-refractivity contribution in [2.45, 2.75) is 37.8 Å². The molecule has 2 unspecified atom stereocenters. The Labute approximate surface area is 188 Å². The van der Waals surface area contributed by atoms with Crippen LogP contribution in [0.3, 0.4) is 0 Å². The van der Waals surface area contributed by atoms with Crippen molar-refractivity contribution in [1.29, 1.82) is 0 Å². The van der Waals surface area contributed by atoms with Crippen molar-refractivity contribution >= 4 is 16.8 Å². The average molecular weight is 445 g/mol. The summed E-state index contributed by atoms with van der Waals surface area (Å²) in [6.45, 7) is 0. The summed E-state index contributed by atoms with van der Waals surface area (Å²) in [5.41, 5.74) is 4.26. The molecule has 0 saturated carbocycles. The van der Waals surface area contributed by atoms with Crippen LogP contribution >= 0.6 is 0 Å². The lowest BCUT2D eigenvalue weighted by Gasteiger charge is -2.45. The number of amides is 1. The molecule has 3 aromatic heterocycles. The zero-order valence-electron chi connectivity index (χ0n) is 18.0. The largest absolute Gasteiger partial charge is 0.327 e. The third-order valence-corrected chi connectivity index (χ3v) is 6.82. The van der Waals surface area contributed by atoms with Gasteiger partial charge in [0.2, 0.25) is 0 Å². The summed E-state index contributed by atoms with van der Waals surface area (Å²) in [4.78, 5) is 24.2. The second-order valence-electron chi connectivity index (χ2n) is 8.76. The van der Waals surface area contributed by atoms with E-state index in [4.69, 9.17) is 5.10 Å². The number of aromatic nitrogens is 4. The summed E-state index contributed by atoms with van der Waals surface area (Å²) in [6.07, 6.45) is 8.23. The maximum Gasteiger partial charge on any atom is 0.255 e. The normalized spacial score (nSPS) is 19.5. The molecule has 1 fully saturated rings. The maximum atomic E-state index is 14.0. The van der Waals surface area contributed by atoms with Gasteiger partial charge in [0.1, 0.15) is 11.6 Å². The molecule has 166 valence electrons. The topological polar surface area (TPSA) is 63.9 Å². The summed E-state index contributed by atoms with van der Waals surface area (Å²) in [5, 5.41) is 5.53. The fourth-order valence-electron chi connectivity index (χ4n) is 5.52. The second kappa shape index (κ2) is 7.43. The molecule has 2 atom stereocenters. The number of hydrogen-bond acceptors (Lipinski definition) is 4. The van der Waals surface area contributed by atoms with Gasteiger partial charge in [-0.05, 0) is 49.9 Å². The van der Waals surface area contributed by atoms with Crippen LogP contribution in [0.1, 0.15) is 46.9 Å². The van der Waals surface area contributed by atoms with Gasteiger partial charge in [-0.1, -0.05) is 0 Å². The van der Waals surface area contributed by atoms with E-state index < -0.39 is 11.6 Å². The lowest BCUT2D eigenvalue weighted by Crippen LogP contribution is -2.49. The molecule has 6 rings (SSSR count). The van der Waals surface area contributed by atoms with Gasteiger partial charge in [0.15, 0.2) is 0 Å². The van der Waals surface area contributed by atoms with Crippen LogP contribution < -0.4 is 0 Å². The van der Waals surface area contributed by atoms with Crippen molar-refractivity contribution in [3.8, 4) is 11.3 Å². The Morgan fingerprint density at radius 1 is 1.09 bits per heavy atom. The zero-order valence-corrected chi connectivity index (χ0v) is 18.0. The highest BCUT2D eigenvalue weighted by molar-refractivity contribution is 6.06. The summed E-state index contributed by atoms with van der Waals surface area (Å²) in [5.74, 6) is -1.28. The molecule has 1 amide bonds. The van der Waals surface area contributed by atoms with Crippen molar-refractivity contribution in [2.24, 2.45) is 7.05 Å². The lowest BCUT2D eigenvalue weighted by atomic mass is 9.81. The van der Waals surface area contributed by atoms with Gasteiger partial charge in [-0.25, -0.2) is 8.78 Å². The number of piperidine rings is 1. The predicted octanol–water partition coefficient (Wildman–Crippen LogP) is 4.60. The molecule has 6 nitrogen and oxygen atoms in total. The molecule has 0 N–H and O–H groups in total. The van der Waals surface area contributed by atoms with E-state index in [2.05, 4.69) is 9.97 Å². The Balaban J connectivity index is 1.46. The number of rotatable bonds is 2. The zero-order chi connectivity index (χ0) is 22.7. The van der Waals surface area contributed by atoms with Crippen molar-refractivity contribution in [3.05, 3.63) is 77.4 Å². The molecule has 2 bridgehead atoms. The van der Waals surface area contributed by atoms with E-state index in [0.717, 1.165) is 42.0 Å². The molecule has 8 heteroatoms. The van der Waals surface area contributed by atoms with E-state index in [1.807, 2.05) is 11.0 Å². The summed E-state index contributed by atoms with van der Waals surface area (Å²) in [7, 11) is 1.79. The summed E-state index contributed by atoms with van der Waals surface area (Å²) in [6, 6.07) is 6.94. The third-order valence-electron chi connectivity index (χ3n) is 6.82. The molecule has 2 aliphatic heterocycles. The van der Waals surface area contributed by atoms with Crippen LogP contribution in [-0.2, 0) is 13.5 Å². The van der Waals surface area contributed by atoms with E-state index in [1.165, 1.54) is 12.1 Å². The first-order chi connectivity index (χ1) is 16.0. The van der Waals surface area contributed by atoms with Crippen LogP contribution in [0.4, 0.5) is 8.78 Å². The Morgan fingerprint density at radius 2 is 1.91 bits per heavy atom. The third kappa shape index (κ3) is 3.12. The van der Waals surface area contributed by atoms with Crippen molar-refractivity contribution in [2.75, 3.05) is 0 Å². The van der Waals surface area contributed by atoms with Crippen LogP contribution in [0.2, 0.25) is 0 Å². The number of fused-ring (bicyclic) bond motifs is 5. The first-order valence-corrected chi connectivity index (χ1v) is 11.0. The van der Waals surface area contributed by atoms with Crippen LogP contribution in [0.5, 0.6) is 0 Å². The molecule has 1 aromatic carbocycles. The molecule has 33 heavy (non-hydrogen) atoms. The first-order valence-electron chi connectivity index (χ1n) is 11.0. The fraction of sp³-hybridized carbons (Fsp3) is 0.280. The predicted molar refractivity (Wildman–Crippen MR) is 118 cm³/mol. The van der Waals surface area contributed by atoms with Crippen LogP contribution in [0, 0.1) is 11.6 Å². The highest BCUT2D eigenvalue weighted by atomic mass is 19.1. The number of benzene rings is 1. The average Bonchev–Trinajstić information content (AvgIpc) is 3.13.